The molecule has 8 heteroatoms. The van der Waals surface area contributed by atoms with Gasteiger partial charge in [-0.15, -0.1) is 5.17 Å². The highest BCUT2D eigenvalue weighted by atomic mass is 19.1. The minimum Gasteiger partial charge on any atom is -0.325 e. The minimum absolute atomic E-state index is 0.105. The molecule has 1 aliphatic rings. The van der Waals surface area contributed by atoms with Crippen LogP contribution in [0.4, 0.5) is 15.9 Å². The van der Waals surface area contributed by atoms with Gasteiger partial charge in [-0.1, -0.05) is 18.2 Å². The lowest BCUT2D eigenvalue weighted by molar-refractivity contribution is -0.120. The number of carbonyl (C=O) groups excluding carboxylic acids is 1. The molecule has 7 nitrogen and oxygen atoms in total. The number of nitrogens with zero attached hydrogens (tertiary/aromatic N) is 3. The number of hydrogen-bond donors (Lipinski definition) is 3. The van der Waals surface area contributed by atoms with E-state index in [1.165, 1.54) is 6.07 Å². The number of aromatic nitrogens is 2. The molecule has 1 amide bonds. The summed E-state index contributed by atoms with van der Waals surface area (Å²) in [6.45, 7) is 3.58. The summed E-state index contributed by atoms with van der Waals surface area (Å²) in [5, 5.41) is 13.9. The van der Waals surface area contributed by atoms with Crippen LogP contribution in [0.25, 0.3) is 11.1 Å². The maximum atomic E-state index is 13.4. The summed E-state index contributed by atoms with van der Waals surface area (Å²) in [5.74, 6) is -0.150. The Kier molecular flexibility index (Phi) is 5.67. The van der Waals surface area contributed by atoms with E-state index in [4.69, 9.17) is 0 Å². The van der Waals surface area contributed by atoms with Crippen LogP contribution in [-0.2, 0) is 10.2 Å². The van der Waals surface area contributed by atoms with Crippen molar-refractivity contribution in [3.05, 3.63) is 72.4 Å². The van der Waals surface area contributed by atoms with Crippen LogP contribution in [0.15, 0.2) is 60.9 Å². The SMILES string of the molecule is CC(C)(C(=O)Nc1ccc(-c2cncc(F)c2)cc1)c1cccc(NN(O)C2CC2)n1. The molecule has 1 fully saturated rings. The Bertz CT molecular complexity index is 1080. The average Bonchev–Trinajstić information content (AvgIpc) is 3.60. The predicted octanol–water partition coefficient (Wildman–Crippen LogP) is 4.38. The van der Waals surface area contributed by atoms with Crippen LogP contribution < -0.4 is 10.7 Å². The fourth-order valence-corrected chi connectivity index (χ4v) is 3.09. The van der Waals surface area contributed by atoms with Gasteiger partial charge >= 0.3 is 0 Å². The van der Waals surface area contributed by atoms with E-state index < -0.39 is 11.2 Å². The summed E-state index contributed by atoms with van der Waals surface area (Å²) in [5.41, 5.74) is 4.59. The molecule has 1 aromatic carbocycles. The number of hydroxylamine groups is 1. The second-order valence-electron chi connectivity index (χ2n) is 8.14. The van der Waals surface area contributed by atoms with E-state index in [2.05, 4.69) is 20.7 Å². The number of hydrogen-bond acceptors (Lipinski definition) is 6. The van der Waals surface area contributed by atoms with Gasteiger partial charge in [0.05, 0.1) is 23.3 Å². The molecule has 2 aromatic heterocycles. The van der Waals surface area contributed by atoms with Crippen molar-refractivity contribution in [1.82, 2.24) is 15.1 Å². The van der Waals surface area contributed by atoms with Crippen LogP contribution in [0.2, 0.25) is 0 Å². The van der Waals surface area contributed by atoms with Gasteiger partial charge in [0, 0.05) is 17.4 Å². The summed E-state index contributed by atoms with van der Waals surface area (Å²) in [7, 11) is 0. The van der Waals surface area contributed by atoms with Crippen molar-refractivity contribution in [2.75, 3.05) is 10.7 Å². The summed E-state index contributed by atoms with van der Waals surface area (Å²) in [6.07, 6.45) is 4.61. The molecule has 0 unspecified atom stereocenters. The van der Waals surface area contributed by atoms with E-state index in [0.717, 1.165) is 29.8 Å². The molecule has 4 rings (SSSR count). The molecule has 160 valence electrons. The van der Waals surface area contributed by atoms with Gasteiger partial charge in [0.15, 0.2) is 0 Å². The molecule has 0 radical (unpaired) electrons. The maximum Gasteiger partial charge on any atom is 0.236 e. The fourth-order valence-electron chi connectivity index (χ4n) is 3.09. The smallest absolute Gasteiger partial charge is 0.236 e. The number of rotatable bonds is 7. The van der Waals surface area contributed by atoms with E-state index in [9.17, 15) is 14.4 Å². The molecular weight excluding hydrogens is 397 g/mol. The maximum absolute atomic E-state index is 13.4. The highest BCUT2D eigenvalue weighted by molar-refractivity contribution is 5.98. The molecule has 3 N–H and O–H groups in total. The highest BCUT2D eigenvalue weighted by Crippen LogP contribution is 2.28. The molecule has 0 bridgehead atoms. The fraction of sp³-hybridized carbons (Fsp3) is 0.261. The largest absolute Gasteiger partial charge is 0.325 e. The van der Waals surface area contributed by atoms with Gasteiger partial charge in [-0.3, -0.25) is 20.4 Å². The number of nitrogens with one attached hydrogen (secondary N) is 2. The summed E-state index contributed by atoms with van der Waals surface area (Å²) in [4.78, 5) is 21.4. The van der Waals surface area contributed by atoms with Crippen molar-refractivity contribution in [3.63, 3.8) is 0 Å². The molecule has 0 aliphatic heterocycles. The van der Waals surface area contributed by atoms with Gasteiger partial charge in [-0.05, 0) is 62.6 Å². The van der Waals surface area contributed by atoms with Crippen LogP contribution in [0.3, 0.4) is 0 Å². The van der Waals surface area contributed by atoms with Crippen molar-refractivity contribution in [1.29, 1.82) is 0 Å². The first kappa shape index (κ1) is 20.9. The first-order valence-corrected chi connectivity index (χ1v) is 10.1. The van der Waals surface area contributed by atoms with Crippen LogP contribution in [-0.4, -0.2) is 32.3 Å². The number of benzene rings is 1. The van der Waals surface area contributed by atoms with E-state index in [-0.39, 0.29) is 11.9 Å². The highest BCUT2D eigenvalue weighted by Gasteiger charge is 2.32. The number of carbonyl (C=O) groups is 1. The molecule has 31 heavy (non-hydrogen) atoms. The third-order valence-corrected chi connectivity index (χ3v) is 5.26. The van der Waals surface area contributed by atoms with E-state index in [0.29, 0.717) is 22.8 Å². The Morgan fingerprint density at radius 2 is 1.87 bits per heavy atom. The average molecular weight is 421 g/mol. The lowest BCUT2D eigenvalue weighted by Gasteiger charge is -2.24. The van der Waals surface area contributed by atoms with Crippen molar-refractivity contribution in [2.45, 2.75) is 38.1 Å². The Morgan fingerprint density at radius 1 is 1.13 bits per heavy atom. The number of pyridine rings is 2. The molecular formula is C23H24FN5O2. The van der Waals surface area contributed by atoms with E-state index >= 15 is 0 Å². The van der Waals surface area contributed by atoms with Crippen molar-refractivity contribution in [3.8, 4) is 11.1 Å². The lowest BCUT2D eigenvalue weighted by Crippen LogP contribution is -2.36. The minimum atomic E-state index is -0.914. The molecule has 0 saturated heterocycles. The second-order valence-corrected chi connectivity index (χ2v) is 8.14. The Labute approximate surface area is 179 Å². The summed E-state index contributed by atoms with van der Waals surface area (Å²) >= 11 is 0. The van der Waals surface area contributed by atoms with Crippen LogP contribution in [0, 0.1) is 5.82 Å². The number of hydrazine groups is 1. The second kappa shape index (κ2) is 8.41. The van der Waals surface area contributed by atoms with Crippen molar-refractivity contribution in [2.24, 2.45) is 0 Å². The zero-order valence-corrected chi connectivity index (χ0v) is 17.3. The van der Waals surface area contributed by atoms with Crippen molar-refractivity contribution < 1.29 is 14.4 Å². The Hall–Kier alpha value is -3.36. The van der Waals surface area contributed by atoms with Gasteiger partial charge < -0.3 is 5.32 Å². The Morgan fingerprint density at radius 3 is 2.55 bits per heavy atom. The molecule has 3 aromatic rings. The van der Waals surface area contributed by atoms with Gasteiger partial charge in [0.2, 0.25) is 5.91 Å². The summed E-state index contributed by atoms with van der Waals surface area (Å²) < 4.78 is 13.4. The summed E-state index contributed by atoms with van der Waals surface area (Å²) in [6, 6.07) is 14.0. The van der Waals surface area contributed by atoms with Crippen LogP contribution >= 0.6 is 0 Å². The van der Waals surface area contributed by atoms with Gasteiger partial charge in [-0.2, -0.15) is 0 Å². The molecule has 2 heterocycles. The molecule has 1 saturated carbocycles. The standard InChI is InChI=1S/C23H24FN5O2/c1-23(2,20-4-3-5-21(27-20)28-29(31)19-10-11-19)22(30)26-18-8-6-15(7-9-18)16-12-17(24)14-25-13-16/h3-9,12-14,19,31H,10-11H2,1-2H3,(H,26,30)(H,27,28). The normalized spacial score (nSPS) is 13.8. The van der Waals surface area contributed by atoms with E-state index in [1.807, 2.05) is 0 Å². The van der Waals surface area contributed by atoms with Gasteiger partial charge in [-0.25, -0.2) is 9.37 Å². The molecule has 0 spiro atoms. The predicted molar refractivity (Wildman–Crippen MR) is 116 cm³/mol. The zero-order valence-electron chi connectivity index (χ0n) is 17.3. The first-order valence-electron chi connectivity index (χ1n) is 10.1. The van der Waals surface area contributed by atoms with Gasteiger partial charge in [0.1, 0.15) is 11.6 Å². The zero-order chi connectivity index (χ0) is 22.0. The topological polar surface area (TPSA) is 90.4 Å². The van der Waals surface area contributed by atoms with Crippen LogP contribution in [0.1, 0.15) is 32.4 Å². The molecule has 0 atom stereocenters. The quantitative estimate of drug-likeness (QED) is 0.491. The van der Waals surface area contributed by atoms with Crippen LogP contribution in [0.5, 0.6) is 0 Å². The lowest BCUT2D eigenvalue weighted by atomic mass is 9.87. The first-order chi connectivity index (χ1) is 14.8. The number of halogens is 1. The third-order valence-electron chi connectivity index (χ3n) is 5.26. The van der Waals surface area contributed by atoms with Crippen molar-refractivity contribution >= 4 is 17.4 Å². The monoisotopic (exact) mass is 421 g/mol. The third kappa shape index (κ3) is 4.87. The number of anilines is 2. The van der Waals surface area contributed by atoms with E-state index in [1.54, 1.807) is 62.5 Å². The Balaban J connectivity index is 1.46. The van der Waals surface area contributed by atoms with Gasteiger partial charge in [0.25, 0.3) is 0 Å². The molecule has 1 aliphatic carbocycles. The number of amides is 1.